The van der Waals surface area contributed by atoms with E-state index in [1.54, 1.807) is 12.1 Å². The van der Waals surface area contributed by atoms with Gasteiger partial charge in [0.2, 0.25) is 0 Å². The van der Waals surface area contributed by atoms with Gasteiger partial charge < -0.3 is 20.5 Å². The first-order valence-corrected chi connectivity index (χ1v) is 6.38. The van der Waals surface area contributed by atoms with Crippen LogP contribution in [0, 0.1) is 0 Å². The van der Waals surface area contributed by atoms with Crippen molar-refractivity contribution in [3.8, 4) is 0 Å². The topological polar surface area (TPSA) is 75.8 Å². The average Bonchev–Trinajstić information content (AvgIpc) is 2.37. The molecule has 1 atom stereocenters. The number of nitrogens with two attached hydrogens (primary N) is 1. The Morgan fingerprint density at radius 2 is 2.26 bits per heavy atom. The number of hydrogen-bond acceptors (Lipinski definition) is 5. The summed E-state index contributed by atoms with van der Waals surface area (Å²) in [5.41, 5.74) is 6.74. The van der Waals surface area contributed by atoms with Crippen LogP contribution in [0.25, 0.3) is 0 Å². The van der Waals surface area contributed by atoms with E-state index in [0.717, 1.165) is 25.1 Å². The first kappa shape index (κ1) is 13.7. The molecule has 5 heteroatoms. The number of rotatable bonds is 2. The second-order valence-corrected chi connectivity index (χ2v) is 5.29. The van der Waals surface area contributed by atoms with Gasteiger partial charge in [-0.25, -0.2) is 4.79 Å². The van der Waals surface area contributed by atoms with E-state index in [2.05, 4.69) is 4.90 Å². The number of methoxy groups -OCH3 is 1. The fourth-order valence-electron chi connectivity index (χ4n) is 2.47. The van der Waals surface area contributed by atoms with Gasteiger partial charge in [-0.2, -0.15) is 0 Å². The lowest BCUT2D eigenvalue weighted by Gasteiger charge is -2.38. The normalized spacial score (nSPS) is 23.2. The number of hydrogen-bond donors (Lipinski definition) is 2. The standard InChI is InChI=1S/C14H20N2O3/c1-14(18)6-3-7-16(9-14)10-4-5-12(15)11(8-10)13(17)19-2/h4-5,8,18H,3,6-7,9,15H2,1-2H3. The number of nitrogen functional groups attached to an aromatic ring is 1. The highest BCUT2D eigenvalue weighted by Crippen LogP contribution is 2.28. The zero-order chi connectivity index (χ0) is 14.0. The Bertz CT molecular complexity index is 486. The van der Waals surface area contributed by atoms with E-state index in [1.807, 2.05) is 13.0 Å². The molecule has 3 N–H and O–H groups in total. The molecular formula is C14H20N2O3. The molecule has 0 aromatic heterocycles. The summed E-state index contributed by atoms with van der Waals surface area (Å²) in [7, 11) is 1.33. The van der Waals surface area contributed by atoms with Gasteiger partial charge in [0, 0.05) is 24.5 Å². The predicted octanol–water partition coefficient (Wildman–Crippen LogP) is 1.41. The molecule has 1 aliphatic heterocycles. The fourth-order valence-corrected chi connectivity index (χ4v) is 2.47. The van der Waals surface area contributed by atoms with Gasteiger partial charge in [0.05, 0.1) is 18.3 Å². The number of carbonyl (C=O) groups is 1. The third-order valence-corrected chi connectivity index (χ3v) is 3.48. The van der Waals surface area contributed by atoms with Gasteiger partial charge in [-0.05, 0) is 38.0 Å². The summed E-state index contributed by atoms with van der Waals surface area (Å²) in [6.45, 7) is 3.25. The third-order valence-electron chi connectivity index (χ3n) is 3.48. The second kappa shape index (κ2) is 5.09. The highest BCUT2D eigenvalue weighted by Gasteiger charge is 2.28. The number of β-amino-alcohol motifs (C(OH)–C–C–N with tert-alkyl or cyclic N) is 1. The largest absolute Gasteiger partial charge is 0.465 e. The van der Waals surface area contributed by atoms with Crippen LogP contribution in [-0.2, 0) is 4.74 Å². The minimum Gasteiger partial charge on any atom is -0.465 e. The number of piperidine rings is 1. The van der Waals surface area contributed by atoms with E-state index in [9.17, 15) is 9.90 Å². The lowest BCUT2D eigenvalue weighted by molar-refractivity contribution is 0.0449. The maximum atomic E-state index is 11.6. The smallest absolute Gasteiger partial charge is 0.340 e. The van der Waals surface area contributed by atoms with Gasteiger partial charge >= 0.3 is 5.97 Å². The number of anilines is 2. The van der Waals surface area contributed by atoms with E-state index < -0.39 is 11.6 Å². The monoisotopic (exact) mass is 264 g/mol. The molecule has 0 amide bonds. The minimum absolute atomic E-state index is 0.366. The Balaban J connectivity index is 2.28. The van der Waals surface area contributed by atoms with Crippen LogP contribution in [0.2, 0.25) is 0 Å². The first-order chi connectivity index (χ1) is 8.93. The van der Waals surface area contributed by atoms with Crippen molar-refractivity contribution < 1.29 is 14.6 Å². The third kappa shape index (κ3) is 2.98. The van der Waals surface area contributed by atoms with Crippen LogP contribution in [0.3, 0.4) is 0 Å². The van der Waals surface area contributed by atoms with Crippen molar-refractivity contribution in [2.24, 2.45) is 0 Å². The van der Waals surface area contributed by atoms with Crippen molar-refractivity contribution in [2.75, 3.05) is 30.8 Å². The predicted molar refractivity (Wildman–Crippen MR) is 74.3 cm³/mol. The van der Waals surface area contributed by atoms with Gasteiger partial charge in [0.25, 0.3) is 0 Å². The quantitative estimate of drug-likeness (QED) is 0.624. The van der Waals surface area contributed by atoms with Crippen LogP contribution in [0.4, 0.5) is 11.4 Å². The Morgan fingerprint density at radius 3 is 2.89 bits per heavy atom. The summed E-state index contributed by atoms with van der Waals surface area (Å²) < 4.78 is 4.71. The molecule has 1 aromatic carbocycles. The maximum Gasteiger partial charge on any atom is 0.340 e. The van der Waals surface area contributed by atoms with Crippen molar-refractivity contribution in [2.45, 2.75) is 25.4 Å². The highest BCUT2D eigenvalue weighted by atomic mass is 16.5. The number of benzene rings is 1. The molecule has 19 heavy (non-hydrogen) atoms. The lowest BCUT2D eigenvalue weighted by Crippen LogP contribution is -2.46. The second-order valence-electron chi connectivity index (χ2n) is 5.29. The number of carbonyl (C=O) groups excluding carboxylic acids is 1. The Hall–Kier alpha value is -1.75. The Kier molecular flexibility index (Phi) is 3.66. The highest BCUT2D eigenvalue weighted by molar-refractivity contribution is 5.96. The number of esters is 1. The number of nitrogens with zero attached hydrogens (tertiary/aromatic N) is 1. The molecule has 104 valence electrons. The first-order valence-electron chi connectivity index (χ1n) is 6.38. The van der Waals surface area contributed by atoms with Crippen LogP contribution in [0.1, 0.15) is 30.1 Å². The van der Waals surface area contributed by atoms with Crippen molar-refractivity contribution >= 4 is 17.3 Å². The molecular weight excluding hydrogens is 244 g/mol. The van der Waals surface area contributed by atoms with Crippen LogP contribution in [0.5, 0.6) is 0 Å². The van der Waals surface area contributed by atoms with Crippen molar-refractivity contribution in [3.05, 3.63) is 23.8 Å². The fraction of sp³-hybridized carbons (Fsp3) is 0.500. The SMILES string of the molecule is COC(=O)c1cc(N2CCCC(C)(O)C2)ccc1N. The summed E-state index contributed by atoms with van der Waals surface area (Å²) in [5.74, 6) is -0.442. The molecule has 0 aliphatic carbocycles. The molecule has 1 heterocycles. The maximum absolute atomic E-state index is 11.6. The van der Waals surface area contributed by atoms with Gasteiger partial charge in [-0.1, -0.05) is 0 Å². The molecule has 0 radical (unpaired) electrons. The molecule has 1 saturated heterocycles. The number of ether oxygens (including phenoxy) is 1. The van der Waals surface area contributed by atoms with E-state index in [1.165, 1.54) is 7.11 Å². The average molecular weight is 264 g/mol. The molecule has 1 aliphatic rings. The van der Waals surface area contributed by atoms with Crippen LogP contribution in [0.15, 0.2) is 18.2 Å². The number of aliphatic hydroxyl groups is 1. The zero-order valence-electron chi connectivity index (χ0n) is 11.3. The summed E-state index contributed by atoms with van der Waals surface area (Å²) in [5, 5.41) is 10.1. The molecule has 1 fully saturated rings. The zero-order valence-corrected chi connectivity index (χ0v) is 11.3. The van der Waals surface area contributed by atoms with Crippen molar-refractivity contribution in [3.63, 3.8) is 0 Å². The molecule has 1 aromatic rings. The molecule has 0 bridgehead atoms. The minimum atomic E-state index is -0.689. The van der Waals surface area contributed by atoms with Gasteiger partial charge in [-0.15, -0.1) is 0 Å². The van der Waals surface area contributed by atoms with E-state index in [-0.39, 0.29) is 0 Å². The van der Waals surface area contributed by atoms with Gasteiger partial charge in [0.1, 0.15) is 0 Å². The summed E-state index contributed by atoms with van der Waals surface area (Å²) in [4.78, 5) is 13.7. The van der Waals surface area contributed by atoms with Crippen LogP contribution < -0.4 is 10.6 Å². The summed E-state index contributed by atoms with van der Waals surface area (Å²) >= 11 is 0. The molecule has 5 nitrogen and oxygen atoms in total. The van der Waals surface area contributed by atoms with Crippen molar-refractivity contribution in [1.82, 2.24) is 0 Å². The molecule has 1 unspecified atom stereocenters. The van der Waals surface area contributed by atoms with Crippen LogP contribution in [-0.4, -0.2) is 36.9 Å². The van der Waals surface area contributed by atoms with Gasteiger partial charge in [0.15, 0.2) is 0 Å². The Morgan fingerprint density at radius 1 is 1.53 bits per heavy atom. The molecule has 2 rings (SSSR count). The lowest BCUT2D eigenvalue weighted by atomic mass is 9.94. The molecule has 0 saturated carbocycles. The van der Waals surface area contributed by atoms with E-state index in [0.29, 0.717) is 17.8 Å². The van der Waals surface area contributed by atoms with Gasteiger partial charge in [-0.3, -0.25) is 0 Å². The van der Waals surface area contributed by atoms with Crippen LogP contribution >= 0.6 is 0 Å². The van der Waals surface area contributed by atoms with E-state index >= 15 is 0 Å². The molecule has 0 spiro atoms. The summed E-state index contributed by atoms with van der Waals surface area (Å²) in [6.07, 6.45) is 1.72. The Labute approximate surface area is 113 Å². The van der Waals surface area contributed by atoms with Crippen molar-refractivity contribution in [1.29, 1.82) is 0 Å². The summed E-state index contributed by atoms with van der Waals surface area (Å²) in [6, 6.07) is 5.29. The van der Waals surface area contributed by atoms with E-state index in [4.69, 9.17) is 10.5 Å².